The molecular formula is C22H46O5SSi. The number of carbonyl (C=O) groups is 1. The number of hydrogen-bond acceptors (Lipinski definition) is 6. The lowest BCUT2D eigenvalue weighted by Crippen LogP contribution is -2.42. The van der Waals surface area contributed by atoms with Gasteiger partial charge in [0, 0.05) is 33.1 Å². The van der Waals surface area contributed by atoms with E-state index in [1.165, 1.54) is 64.2 Å². The minimum Gasteiger partial charge on any atom is -0.465 e. The van der Waals surface area contributed by atoms with Crippen LogP contribution in [0, 0.1) is 5.92 Å². The van der Waals surface area contributed by atoms with Crippen molar-refractivity contribution in [3.8, 4) is 0 Å². The van der Waals surface area contributed by atoms with E-state index in [2.05, 4.69) is 6.92 Å². The second kappa shape index (κ2) is 19.9. The fourth-order valence-electron chi connectivity index (χ4n) is 3.18. The number of carbonyl (C=O) groups excluding carboxylic acids is 1. The third-order valence-electron chi connectivity index (χ3n) is 5.22. The summed E-state index contributed by atoms with van der Waals surface area (Å²) in [6.07, 6.45) is 14.3. The van der Waals surface area contributed by atoms with Crippen LogP contribution in [0.3, 0.4) is 0 Å². The molecule has 0 saturated heterocycles. The first kappa shape index (κ1) is 28.9. The Kier molecular flexibility index (Phi) is 19.8. The number of unbranched alkanes of at least 4 members (excludes halogenated alkanes) is 9. The highest BCUT2D eigenvalue weighted by molar-refractivity contribution is 7.99. The van der Waals surface area contributed by atoms with E-state index in [-0.39, 0.29) is 11.9 Å². The molecule has 0 aromatic carbocycles. The number of thioether (sulfide) groups is 1. The predicted octanol–water partition coefficient (Wildman–Crippen LogP) is 6.09. The molecule has 0 heterocycles. The van der Waals surface area contributed by atoms with Gasteiger partial charge in [0.2, 0.25) is 0 Å². The molecule has 174 valence electrons. The van der Waals surface area contributed by atoms with Gasteiger partial charge in [-0.05, 0) is 18.6 Å². The van der Waals surface area contributed by atoms with Crippen LogP contribution in [0.15, 0.2) is 0 Å². The maximum atomic E-state index is 12.1. The molecule has 0 rings (SSSR count). The van der Waals surface area contributed by atoms with Crippen LogP contribution in [0.25, 0.3) is 0 Å². The van der Waals surface area contributed by atoms with Crippen molar-refractivity contribution in [3.05, 3.63) is 0 Å². The van der Waals surface area contributed by atoms with Gasteiger partial charge >= 0.3 is 14.8 Å². The maximum absolute atomic E-state index is 12.1. The summed E-state index contributed by atoms with van der Waals surface area (Å²) in [4.78, 5) is 12.1. The molecule has 0 N–H and O–H groups in total. The lowest BCUT2D eigenvalue weighted by Gasteiger charge is -2.24. The van der Waals surface area contributed by atoms with E-state index in [0.717, 1.165) is 11.5 Å². The molecule has 5 nitrogen and oxygen atoms in total. The fourth-order valence-corrected chi connectivity index (χ4v) is 5.93. The van der Waals surface area contributed by atoms with Crippen molar-refractivity contribution >= 4 is 26.5 Å². The lowest BCUT2D eigenvalue weighted by molar-refractivity contribution is -0.147. The van der Waals surface area contributed by atoms with Crippen LogP contribution in [0.5, 0.6) is 0 Å². The molecule has 0 aliphatic rings. The largest absolute Gasteiger partial charge is 0.500 e. The second-order valence-electron chi connectivity index (χ2n) is 7.72. The van der Waals surface area contributed by atoms with Crippen molar-refractivity contribution in [2.75, 3.05) is 39.4 Å². The first-order valence-electron chi connectivity index (χ1n) is 11.4. The van der Waals surface area contributed by atoms with Crippen molar-refractivity contribution in [2.45, 2.75) is 90.5 Å². The summed E-state index contributed by atoms with van der Waals surface area (Å²) in [5.74, 6) is 1.80. The van der Waals surface area contributed by atoms with Crippen LogP contribution in [0.2, 0.25) is 6.04 Å². The summed E-state index contributed by atoms with van der Waals surface area (Å²) in [5.41, 5.74) is 0. The third kappa shape index (κ3) is 15.4. The van der Waals surface area contributed by atoms with Gasteiger partial charge in [-0.1, -0.05) is 71.6 Å². The molecule has 0 saturated carbocycles. The minimum atomic E-state index is -2.56. The second-order valence-corrected chi connectivity index (χ2v) is 12.0. The first-order valence-corrected chi connectivity index (χ1v) is 14.5. The summed E-state index contributed by atoms with van der Waals surface area (Å²) < 4.78 is 21.5. The molecular weight excluding hydrogens is 404 g/mol. The Morgan fingerprint density at radius 3 is 1.86 bits per heavy atom. The Morgan fingerprint density at radius 2 is 1.34 bits per heavy atom. The molecule has 0 fully saturated rings. The van der Waals surface area contributed by atoms with Gasteiger partial charge in [0.25, 0.3) is 0 Å². The molecule has 0 amide bonds. The normalized spacial score (nSPS) is 12.9. The zero-order valence-electron chi connectivity index (χ0n) is 19.6. The Morgan fingerprint density at radius 1 is 0.828 bits per heavy atom. The van der Waals surface area contributed by atoms with E-state index >= 15 is 0 Å². The Hall–Kier alpha value is -0.0831. The van der Waals surface area contributed by atoms with Crippen molar-refractivity contribution < 1.29 is 22.8 Å². The molecule has 7 heteroatoms. The smallest absolute Gasteiger partial charge is 0.465 e. The SMILES string of the molecule is CCCCCCCCCCCCSCC(C)C(=O)OCCC[Si](OC)(OC)OC. The van der Waals surface area contributed by atoms with E-state index < -0.39 is 8.80 Å². The van der Waals surface area contributed by atoms with Gasteiger partial charge in [-0.3, -0.25) is 4.79 Å². The first-order chi connectivity index (χ1) is 14.0. The van der Waals surface area contributed by atoms with Crippen LogP contribution in [0.4, 0.5) is 0 Å². The van der Waals surface area contributed by atoms with Gasteiger partial charge in [-0.25, -0.2) is 0 Å². The summed E-state index contributed by atoms with van der Waals surface area (Å²) in [5, 5.41) is 0. The average Bonchev–Trinajstić information content (AvgIpc) is 2.74. The molecule has 0 bridgehead atoms. The summed E-state index contributed by atoms with van der Waals surface area (Å²) in [6.45, 7) is 4.60. The number of esters is 1. The average molecular weight is 451 g/mol. The van der Waals surface area contributed by atoms with Crippen molar-refractivity contribution in [2.24, 2.45) is 5.92 Å². The molecule has 0 aliphatic heterocycles. The van der Waals surface area contributed by atoms with Gasteiger partial charge in [-0.15, -0.1) is 0 Å². The van der Waals surface area contributed by atoms with Crippen molar-refractivity contribution in [1.82, 2.24) is 0 Å². The highest BCUT2D eigenvalue weighted by Gasteiger charge is 2.37. The van der Waals surface area contributed by atoms with Gasteiger partial charge in [0.15, 0.2) is 0 Å². The van der Waals surface area contributed by atoms with Crippen LogP contribution in [-0.2, 0) is 22.8 Å². The van der Waals surface area contributed by atoms with E-state index in [4.69, 9.17) is 18.0 Å². The molecule has 0 aromatic heterocycles. The monoisotopic (exact) mass is 450 g/mol. The molecule has 1 unspecified atom stereocenters. The van der Waals surface area contributed by atoms with Crippen LogP contribution >= 0.6 is 11.8 Å². The Bertz CT molecular complexity index is 372. The standard InChI is InChI=1S/C22H46O5SSi/c1-6-7-8-9-10-11-12-13-14-15-18-28-20-21(2)22(23)27-17-16-19-29(24-3,25-4)26-5/h21H,6-20H2,1-5H3. The zero-order valence-corrected chi connectivity index (χ0v) is 21.4. The zero-order chi connectivity index (χ0) is 21.8. The number of rotatable bonds is 21. The van der Waals surface area contributed by atoms with Crippen molar-refractivity contribution in [3.63, 3.8) is 0 Å². The highest BCUT2D eigenvalue weighted by Crippen LogP contribution is 2.17. The number of hydrogen-bond donors (Lipinski definition) is 0. The Balaban J connectivity index is 3.56. The highest BCUT2D eigenvalue weighted by atomic mass is 32.2. The fraction of sp³-hybridized carbons (Fsp3) is 0.955. The molecule has 0 aromatic rings. The molecule has 0 aliphatic carbocycles. The third-order valence-corrected chi connectivity index (χ3v) is 9.36. The van der Waals surface area contributed by atoms with Crippen LogP contribution in [0.1, 0.15) is 84.5 Å². The molecule has 0 spiro atoms. The molecule has 29 heavy (non-hydrogen) atoms. The van der Waals surface area contributed by atoms with Crippen LogP contribution in [-0.4, -0.2) is 54.2 Å². The van der Waals surface area contributed by atoms with Gasteiger partial charge in [0.05, 0.1) is 12.5 Å². The minimum absolute atomic E-state index is 0.0580. The summed E-state index contributed by atoms with van der Waals surface area (Å²) in [6, 6.07) is 0.644. The van der Waals surface area contributed by atoms with Crippen LogP contribution < -0.4 is 0 Å². The maximum Gasteiger partial charge on any atom is 0.500 e. The molecule has 1 atom stereocenters. The molecule has 0 radical (unpaired) electrons. The van der Waals surface area contributed by atoms with Crippen molar-refractivity contribution in [1.29, 1.82) is 0 Å². The topological polar surface area (TPSA) is 54.0 Å². The quantitative estimate of drug-likeness (QED) is 0.120. The van der Waals surface area contributed by atoms with E-state index in [0.29, 0.717) is 19.1 Å². The van der Waals surface area contributed by atoms with E-state index in [1.54, 1.807) is 21.3 Å². The van der Waals surface area contributed by atoms with E-state index in [1.807, 2.05) is 18.7 Å². The van der Waals surface area contributed by atoms with Gasteiger partial charge in [0.1, 0.15) is 0 Å². The number of ether oxygens (including phenoxy) is 1. The lowest BCUT2D eigenvalue weighted by atomic mass is 10.1. The summed E-state index contributed by atoms with van der Waals surface area (Å²) >= 11 is 1.87. The Labute approximate surface area is 185 Å². The van der Waals surface area contributed by atoms with E-state index in [9.17, 15) is 4.79 Å². The summed E-state index contributed by atoms with van der Waals surface area (Å²) in [7, 11) is 2.23. The van der Waals surface area contributed by atoms with Gasteiger partial charge in [-0.2, -0.15) is 11.8 Å². The van der Waals surface area contributed by atoms with Gasteiger partial charge < -0.3 is 18.0 Å². The predicted molar refractivity (Wildman–Crippen MR) is 125 cm³/mol.